The van der Waals surface area contributed by atoms with Gasteiger partial charge >= 0.3 is 0 Å². The summed E-state index contributed by atoms with van der Waals surface area (Å²) in [6, 6.07) is 0. The van der Waals surface area contributed by atoms with Crippen molar-refractivity contribution in [2.45, 2.75) is 43.9 Å². The lowest BCUT2D eigenvalue weighted by atomic mass is 10.0. The van der Waals surface area contributed by atoms with Crippen molar-refractivity contribution in [3.8, 4) is 0 Å². The number of imidazole rings is 1. The summed E-state index contributed by atoms with van der Waals surface area (Å²) in [5.41, 5.74) is 0.791. The normalized spacial score (nSPS) is 18.8. The van der Waals surface area contributed by atoms with Crippen LogP contribution in [-0.2, 0) is 16.6 Å². The first-order chi connectivity index (χ1) is 7.68. The minimum Gasteiger partial charge on any atom is -0.347 e. The Labute approximate surface area is 95.7 Å². The minimum absolute atomic E-state index is 0.204. The summed E-state index contributed by atoms with van der Waals surface area (Å²) in [6.45, 7) is 0.304. The highest BCUT2D eigenvalue weighted by Crippen LogP contribution is 2.23. The monoisotopic (exact) mass is 243 g/mol. The molecule has 1 saturated carbocycles. The fourth-order valence-electron chi connectivity index (χ4n) is 2.05. The van der Waals surface area contributed by atoms with Gasteiger partial charge in [-0.05, 0) is 12.8 Å². The molecule has 0 amide bonds. The first kappa shape index (κ1) is 11.6. The van der Waals surface area contributed by atoms with Crippen molar-refractivity contribution in [3.63, 3.8) is 0 Å². The smallest absolute Gasteiger partial charge is 0.214 e. The van der Waals surface area contributed by atoms with E-state index in [1.54, 1.807) is 12.5 Å². The Hall–Kier alpha value is -0.880. The van der Waals surface area contributed by atoms with Crippen LogP contribution in [0, 0.1) is 0 Å². The summed E-state index contributed by atoms with van der Waals surface area (Å²) in [5, 5.41) is -0.204. The zero-order valence-corrected chi connectivity index (χ0v) is 9.96. The molecule has 1 aromatic rings. The fraction of sp³-hybridized carbons (Fsp3) is 0.700. The van der Waals surface area contributed by atoms with Crippen LogP contribution in [0.3, 0.4) is 0 Å². The van der Waals surface area contributed by atoms with Crippen LogP contribution in [0.2, 0.25) is 0 Å². The molecule has 16 heavy (non-hydrogen) atoms. The largest absolute Gasteiger partial charge is 0.347 e. The van der Waals surface area contributed by atoms with E-state index in [1.807, 2.05) is 0 Å². The minimum atomic E-state index is -3.16. The molecule has 1 aromatic heterocycles. The van der Waals surface area contributed by atoms with Crippen LogP contribution >= 0.6 is 0 Å². The Balaban J connectivity index is 1.91. The third kappa shape index (κ3) is 2.82. The van der Waals surface area contributed by atoms with Gasteiger partial charge in [-0.2, -0.15) is 0 Å². The van der Waals surface area contributed by atoms with Crippen LogP contribution in [0.25, 0.3) is 0 Å². The molecular formula is C10H17N3O2S. The SMILES string of the molecule is O=S(=O)(NCc1cnc[nH]1)C1CCCCC1. The topological polar surface area (TPSA) is 74.8 Å². The lowest BCUT2D eigenvalue weighted by Gasteiger charge is -2.21. The summed E-state index contributed by atoms with van der Waals surface area (Å²) in [7, 11) is -3.16. The zero-order chi connectivity index (χ0) is 11.4. The number of hydrogen-bond acceptors (Lipinski definition) is 3. The van der Waals surface area contributed by atoms with Gasteiger partial charge in [0.15, 0.2) is 0 Å². The summed E-state index contributed by atoms with van der Waals surface area (Å²) in [5.74, 6) is 0. The highest BCUT2D eigenvalue weighted by atomic mass is 32.2. The van der Waals surface area contributed by atoms with Gasteiger partial charge in [0, 0.05) is 11.9 Å². The predicted molar refractivity (Wildman–Crippen MR) is 61.2 cm³/mol. The maximum absolute atomic E-state index is 11.9. The number of nitrogens with one attached hydrogen (secondary N) is 2. The second kappa shape index (κ2) is 4.97. The number of hydrogen-bond donors (Lipinski definition) is 2. The average Bonchev–Trinajstić information content (AvgIpc) is 2.81. The van der Waals surface area contributed by atoms with Gasteiger partial charge in [-0.1, -0.05) is 19.3 Å². The van der Waals surface area contributed by atoms with Gasteiger partial charge in [-0.15, -0.1) is 0 Å². The van der Waals surface area contributed by atoms with E-state index in [0.717, 1.165) is 37.8 Å². The standard InChI is InChI=1S/C10H17N3O2S/c14-16(15,10-4-2-1-3-5-10)13-7-9-6-11-8-12-9/h6,8,10,13H,1-5,7H2,(H,11,12). The Bertz CT molecular complexity index is 407. The van der Waals surface area contributed by atoms with Crippen molar-refractivity contribution >= 4 is 10.0 Å². The number of aromatic nitrogens is 2. The summed E-state index contributed by atoms with van der Waals surface area (Å²) in [6.07, 6.45) is 7.96. The molecule has 6 heteroatoms. The Morgan fingerprint density at radius 3 is 2.75 bits per heavy atom. The summed E-state index contributed by atoms with van der Waals surface area (Å²) >= 11 is 0. The van der Waals surface area contributed by atoms with Crippen LogP contribution in [-0.4, -0.2) is 23.6 Å². The van der Waals surface area contributed by atoms with E-state index >= 15 is 0 Å². The van der Waals surface area contributed by atoms with Gasteiger partial charge in [-0.25, -0.2) is 18.1 Å². The molecule has 0 saturated heterocycles. The maximum atomic E-state index is 11.9. The second-order valence-electron chi connectivity index (χ2n) is 4.20. The average molecular weight is 243 g/mol. The zero-order valence-electron chi connectivity index (χ0n) is 9.15. The number of rotatable bonds is 4. The van der Waals surface area contributed by atoms with E-state index in [1.165, 1.54) is 0 Å². The highest BCUT2D eigenvalue weighted by molar-refractivity contribution is 7.90. The van der Waals surface area contributed by atoms with E-state index in [4.69, 9.17) is 0 Å². The molecule has 0 aliphatic heterocycles. The number of aromatic amines is 1. The van der Waals surface area contributed by atoms with E-state index in [0.29, 0.717) is 6.54 Å². The molecule has 2 N–H and O–H groups in total. The van der Waals surface area contributed by atoms with Gasteiger partial charge in [-0.3, -0.25) is 0 Å². The lowest BCUT2D eigenvalue weighted by Crippen LogP contribution is -2.35. The molecule has 0 bridgehead atoms. The lowest BCUT2D eigenvalue weighted by molar-refractivity contribution is 0.477. The summed E-state index contributed by atoms with van der Waals surface area (Å²) < 4.78 is 26.5. The predicted octanol–water partition coefficient (Wildman–Crippen LogP) is 1.16. The Morgan fingerprint density at radius 2 is 2.12 bits per heavy atom. The second-order valence-corrected chi connectivity index (χ2v) is 6.25. The van der Waals surface area contributed by atoms with E-state index in [2.05, 4.69) is 14.7 Å². The third-order valence-corrected chi connectivity index (χ3v) is 4.91. The molecule has 5 nitrogen and oxygen atoms in total. The molecule has 0 radical (unpaired) electrons. The first-order valence-corrected chi connectivity index (χ1v) is 7.19. The van der Waals surface area contributed by atoms with Crippen LogP contribution in [0.5, 0.6) is 0 Å². The van der Waals surface area contributed by atoms with Gasteiger partial charge in [0.05, 0.1) is 18.1 Å². The molecular weight excluding hydrogens is 226 g/mol. The molecule has 1 fully saturated rings. The van der Waals surface area contributed by atoms with Crippen LogP contribution < -0.4 is 4.72 Å². The summed E-state index contributed by atoms with van der Waals surface area (Å²) in [4.78, 5) is 6.72. The molecule has 0 spiro atoms. The van der Waals surface area contributed by atoms with E-state index in [9.17, 15) is 8.42 Å². The van der Waals surface area contributed by atoms with Crippen molar-refractivity contribution in [3.05, 3.63) is 18.2 Å². The van der Waals surface area contributed by atoms with Gasteiger partial charge in [0.2, 0.25) is 10.0 Å². The van der Waals surface area contributed by atoms with Crippen molar-refractivity contribution in [2.75, 3.05) is 0 Å². The third-order valence-electron chi connectivity index (χ3n) is 3.01. The first-order valence-electron chi connectivity index (χ1n) is 5.64. The van der Waals surface area contributed by atoms with Crippen molar-refractivity contribution < 1.29 is 8.42 Å². The quantitative estimate of drug-likeness (QED) is 0.833. The van der Waals surface area contributed by atoms with Gasteiger partial charge < -0.3 is 4.98 Å². The van der Waals surface area contributed by atoms with Crippen LogP contribution in [0.4, 0.5) is 0 Å². The van der Waals surface area contributed by atoms with Crippen molar-refractivity contribution in [2.24, 2.45) is 0 Å². The molecule has 1 aliphatic carbocycles. The molecule has 0 aromatic carbocycles. The molecule has 90 valence electrons. The molecule has 1 aliphatic rings. The number of sulfonamides is 1. The van der Waals surface area contributed by atoms with Crippen LogP contribution in [0.1, 0.15) is 37.8 Å². The Kier molecular flexibility index (Phi) is 3.60. The Morgan fingerprint density at radius 1 is 1.38 bits per heavy atom. The van der Waals surface area contributed by atoms with E-state index in [-0.39, 0.29) is 5.25 Å². The van der Waals surface area contributed by atoms with Crippen molar-refractivity contribution in [1.29, 1.82) is 0 Å². The number of H-pyrrole nitrogens is 1. The maximum Gasteiger partial charge on any atom is 0.214 e. The van der Waals surface area contributed by atoms with Gasteiger partial charge in [0.25, 0.3) is 0 Å². The molecule has 0 atom stereocenters. The van der Waals surface area contributed by atoms with Crippen molar-refractivity contribution in [1.82, 2.24) is 14.7 Å². The molecule has 2 rings (SSSR count). The van der Waals surface area contributed by atoms with Gasteiger partial charge in [0.1, 0.15) is 0 Å². The number of nitrogens with zero attached hydrogens (tertiary/aromatic N) is 1. The van der Waals surface area contributed by atoms with E-state index < -0.39 is 10.0 Å². The van der Waals surface area contributed by atoms with Crippen LogP contribution in [0.15, 0.2) is 12.5 Å². The fourth-order valence-corrected chi connectivity index (χ4v) is 3.60. The molecule has 1 heterocycles. The molecule has 0 unspecified atom stereocenters. The highest BCUT2D eigenvalue weighted by Gasteiger charge is 2.26.